The van der Waals surface area contributed by atoms with E-state index in [0.29, 0.717) is 6.10 Å². The van der Waals surface area contributed by atoms with Crippen LogP contribution in [0.4, 0.5) is 0 Å². The average Bonchev–Trinajstić information content (AvgIpc) is 2.58. The average molecular weight is 200 g/mol. The molecule has 0 saturated carbocycles. The first-order valence-electron chi connectivity index (χ1n) is 6.16. The van der Waals surface area contributed by atoms with Gasteiger partial charge >= 0.3 is 0 Å². The zero-order valence-corrected chi connectivity index (χ0v) is 9.37. The Morgan fingerprint density at radius 3 is 2.43 bits per heavy atom. The molecule has 0 bridgehead atoms. The molecule has 1 N–H and O–H groups in total. The Labute approximate surface area is 87.7 Å². The quantitative estimate of drug-likeness (QED) is 0.639. The van der Waals surface area contributed by atoms with Crippen LogP contribution in [0.2, 0.25) is 0 Å². The van der Waals surface area contributed by atoms with E-state index in [1.807, 2.05) is 0 Å². The minimum atomic E-state index is -0.472. The van der Waals surface area contributed by atoms with Gasteiger partial charge in [0, 0.05) is 6.42 Å². The highest BCUT2D eigenvalue weighted by Gasteiger charge is 2.22. The minimum Gasteiger partial charge on any atom is -0.368 e. The van der Waals surface area contributed by atoms with Crippen LogP contribution in [0.25, 0.3) is 0 Å². The molecule has 1 saturated heterocycles. The number of hydrogen-bond donors (Lipinski definition) is 1. The third kappa shape index (κ3) is 4.97. The lowest BCUT2D eigenvalue weighted by molar-refractivity contribution is -0.0920. The second-order valence-corrected chi connectivity index (χ2v) is 4.35. The van der Waals surface area contributed by atoms with Crippen molar-refractivity contribution in [2.24, 2.45) is 0 Å². The van der Waals surface area contributed by atoms with Crippen LogP contribution in [-0.2, 0) is 4.74 Å². The highest BCUT2D eigenvalue weighted by atomic mass is 16.6. The summed E-state index contributed by atoms with van der Waals surface area (Å²) in [5.41, 5.74) is 0. The first-order valence-corrected chi connectivity index (χ1v) is 6.16. The van der Waals surface area contributed by atoms with Crippen molar-refractivity contribution < 1.29 is 9.84 Å². The topological polar surface area (TPSA) is 29.5 Å². The van der Waals surface area contributed by atoms with E-state index in [-0.39, 0.29) is 0 Å². The fraction of sp³-hybridized carbons (Fsp3) is 1.00. The van der Waals surface area contributed by atoms with E-state index in [0.717, 1.165) is 19.3 Å². The summed E-state index contributed by atoms with van der Waals surface area (Å²) in [5.74, 6) is 0. The van der Waals surface area contributed by atoms with E-state index in [1.54, 1.807) is 0 Å². The largest absolute Gasteiger partial charge is 0.368 e. The molecule has 0 aromatic heterocycles. The molecule has 0 radical (unpaired) electrons. The Balaban J connectivity index is 1.84. The molecule has 1 rings (SSSR count). The summed E-state index contributed by atoms with van der Waals surface area (Å²) < 4.78 is 5.34. The third-order valence-corrected chi connectivity index (χ3v) is 2.96. The maximum absolute atomic E-state index is 9.15. The lowest BCUT2D eigenvalue weighted by Gasteiger charge is -2.09. The Kier molecular flexibility index (Phi) is 6.20. The fourth-order valence-electron chi connectivity index (χ4n) is 2.05. The number of hydrogen-bond acceptors (Lipinski definition) is 2. The van der Waals surface area contributed by atoms with Crippen LogP contribution in [0, 0.1) is 0 Å². The Morgan fingerprint density at radius 2 is 1.79 bits per heavy atom. The van der Waals surface area contributed by atoms with Gasteiger partial charge in [0.15, 0.2) is 6.29 Å². The highest BCUT2D eigenvalue weighted by molar-refractivity contribution is 4.67. The second kappa shape index (κ2) is 7.24. The van der Waals surface area contributed by atoms with Gasteiger partial charge in [-0.05, 0) is 12.8 Å². The van der Waals surface area contributed by atoms with Crippen molar-refractivity contribution in [3.8, 4) is 0 Å². The summed E-state index contributed by atoms with van der Waals surface area (Å²) in [7, 11) is 0. The molecule has 0 aromatic rings. The molecule has 2 atom stereocenters. The van der Waals surface area contributed by atoms with E-state index in [1.165, 1.54) is 38.5 Å². The zero-order valence-electron chi connectivity index (χ0n) is 9.37. The summed E-state index contributed by atoms with van der Waals surface area (Å²) in [5, 5.41) is 9.15. The van der Waals surface area contributed by atoms with Gasteiger partial charge in [-0.1, -0.05) is 45.4 Å². The molecular formula is C12H24O2. The predicted molar refractivity (Wildman–Crippen MR) is 58.1 cm³/mol. The molecule has 0 amide bonds. The Bertz CT molecular complexity index is 136. The molecule has 1 fully saturated rings. The third-order valence-electron chi connectivity index (χ3n) is 2.96. The normalized spacial score (nSPS) is 27.0. The first kappa shape index (κ1) is 12.0. The lowest BCUT2D eigenvalue weighted by Crippen LogP contribution is -2.09. The van der Waals surface area contributed by atoms with Gasteiger partial charge in [-0.3, -0.25) is 0 Å². The van der Waals surface area contributed by atoms with E-state index in [4.69, 9.17) is 9.84 Å². The molecule has 2 nitrogen and oxygen atoms in total. The van der Waals surface area contributed by atoms with Gasteiger partial charge in [-0.2, -0.15) is 0 Å². The monoisotopic (exact) mass is 200 g/mol. The van der Waals surface area contributed by atoms with Crippen LogP contribution in [0.1, 0.15) is 64.7 Å². The van der Waals surface area contributed by atoms with Gasteiger partial charge in [-0.25, -0.2) is 0 Å². The number of unbranched alkanes of at least 4 members (excludes halogenated alkanes) is 5. The van der Waals surface area contributed by atoms with Crippen LogP contribution in [0.5, 0.6) is 0 Å². The number of rotatable bonds is 7. The van der Waals surface area contributed by atoms with E-state index in [9.17, 15) is 0 Å². The van der Waals surface area contributed by atoms with Crippen LogP contribution in [0.3, 0.4) is 0 Å². The summed E-state index contributed by atoms with van der Waals surface area (Å²) in [4.78, 5) is 0. The van der Waals surface area contributed by atoms with Crippen molar-refractivity contribution in [1.29, 1.82) is 0 Å². The van der Waals surface area contributed by atoms with Crippen LogP contribution in [0.15, 0.2) is 0 Å². The van der Waals surface area contributed by atoms with Crippen molar-refractivity contribution in [2.75, 3.05) is 0 Å². The van der Waals surface area contributed by atoms with Crippen LogP contribution in [-0.4, -0.2) is 17.5 Å². The number of aliphatic hydroxyl groups is 1. The first-order chi connectivity index (χ1) is 6.83. The Hall–Kier alpha value is -0.0800. The molecule has 2 heteroatoms. The lowest BCUT2D eigenvalue weighted by atomic mass is 10.1. The predicted octanol–water partition coefficient (Wildman–Crippen LogP) is 3.23. The minimum absolute atomic E-state index is 0.344. The molecular weight excluding hydrogens is 176 g/mol. The van der Waals surface area contributed by atoms with Gasteiger partial charge in [0.25, 0.3) is 0 Å². The molecule has 1 heterocycles. The van der Waals surface area contributed by atoms with Gasteiger partial charge in [0.05, 0.1) is 6.10 Å². The maximum atomic E-state index is 9.15. The molecule has 0 aromatic carbocycles. The molecule has 0 spiro atoms. The summed E-state index contributed by atoms with van der Waals surface area (Å²) in [6.45, 7) is 2.24. The van der Waals surface area contributed by atoms with E-state index < -0.39 is 6.29 Å². The van der Waals surface area contributed by atoms with E-state index in [2.05, 4.69) is 6.92 Å². The van der Waals surface area contributed by atoms with Gasteiger partial charge < -0.3 is 9.84 Å². The summed E-state index contributed by atoms with van der Waals surface area (Å²) in [6, 6.07) is 0. The summed E-state index contributed by atoms with van der Waals surface area (Å²) >= 11 is 0. The van der Waals surface area contributed by atoms with Crippen molar-refractivity contribution in [3.63, 3.8) is 0 Å². The molecule has 1 aliphatic heterocycles. The SMILES string of the molecule is CCCCCCCCC1CC[C@@H](O)O1. The molecule has 1 unspecified atom stereocenters. The molecule has 84 valence electrons. The standard InChI is InChI=1S/C12H24O2/c1-2-3-4-5-6-7-8-11-9-10-12(13)14-11/h11-13H,2-10H2,1H3/t11?,12-/m0/s1. The van der Waals surface area contributed by atoms with Crippen molar-refractivity contribution in [2.45, 2.75) is 77.1 Å². The van der Waals surface area contributed by atoms with E-state index >= 15 is 0 Å². The van der Waals surface area contributed by atoms with Crippen molar-refractivity contribution in [1.82, 2.24) is 0 Å². The van der Waals surface area contributed by atoms with Gasteiger partial charge in [0.2, 0.25) is 0 Å². The second-order valence-electron chi connectivity index (χ2n) is 4.35. The number of aliphatic hydroxyl groups excluding tert-OH is 1. The number of ether oxygens (including phenoxy) is 1. The highest BCUT2D eigenvalue weighted by Crippen LogP contribution is 2.22. The van der Waals surface area contributed by atoms with Crippen molar-refractivity contribution in [3.05, 3.63) is 0 Å². The fourth-order valence-corrected chi connectivity index (χ4v) is 2.05. The Morgan fingerprint density at radius 1 is 1.07 bits per heavy atom. The smallest absolute Gasteiger partial charge is 0.154 e. The summed E-state index contributed by atoms with van der Waals surface area (Å²) in [6.07, 6.45) is 10.9. The van der Waals surface area contributed by atoms with Gasteiger partial charge in [-0.15, -0.1) is 0 Å². The maximum Gasteiger partial charge on any atom is 0.154 e. The zero-order chi connectivity index (χ0) is 10.2. The molecule has 1 aliphatic rings. The molecule has 14 heavy (non-hydrogen) atoms. The molecule has 0 aliphatic carbocycles. The van der Waals surface area contributed by atoms with Crippen LogP contribution < -0.4 is 0 Å². The van der Waals surface area contributed by atoms with Gasteiger partial charge in [0.1, 0.15) is 0 Å². The van der Waals surface area contributed by atoms with Crippen LogP contribution >= 0.6 is 0 Å². The van der Waals surface area contributed by atoms with Crippen molar-refractivity contribution >= 4 is 0 Å².